The Morgan fingerprint density at radius 2 is 1.86 bits per heavy atom. The summed E-state index contributed by atoms with van der Waals surface area (Å²) in [7, 11) is 1.64. The fraction of sp³-hybridized carbons (Fsp3) is 0.273. The van der Waals surface area contributed by atoms with Crippen LogP contribution in [0.25, 0.3) is 5.69 Å². The highest BCUT2D eigenvalue weighted by Crippen LogP contribution is 2.26. The molecule has 0 fully saturated rings. The Hall–Kier alpha value is -2.34. The van der Waals surface area contributed by atoms with Gasteiger partial charge in [-0.1, -0.05) is 53.5 Å². The standard InChI is InChI=1S/C22H23Cl2N3O2/c1-14-18(15(2)27(26-14)17-9-10-19(23)20(24)11-17)12-22(28)25-13-21(29-3)16-7-5-4-6-8-16/h4-11,21H,12-13H2,1-3H3,(H,25,28). The Kier molecular flexibility index (Phi) is 6.96. The average Bonchev–Trinajstić information content (AvgIpc) is 2.99. The first-order valence-electron chi connectivity index (χ1n) is 9.25. The molecule has 152 valence electrons. The van der Waals surface area contributed by atoms with Crippen molar-refractivity contribution in [3.05, 3.63) is 81.1 Å². The number of methoxy groups -OCH3 is 1. The number of aryl methyl sites for hydroxylation is 1. The number of carbonyl (C=O) groups is 1. The van der Waals surface area contributed by atoms with Gasteiger partial charge in [0.1, 0.15) is 0 Å². The van der Waals surface area contributed by atoms with Crippen molar-refractivity contribution >= 4 is 29.1 Å². The molecule has 0 aliphatic heterocycles. The summed E-state index contributed by atoms with van der Waals surface area (Å²) >= 11 is 12.1. The summed E-state index contributed by atoms with van der Waals surface area (Å²) in [6, 6.07) is 15.2. The molecule has 3 aromatic rings. The summed E-state index contributed by atoms with van der Waals surface area (Å²) in [5.41, 5.74) is 4.41. The van der Waals surface area contributed by atoms with E-state index >= 15 is 0 Å². The molecule has 1 aromatic heterocycles. The van der Waals surface area contributed by atoms with Crippen molar-refractivity contribution in [2.24, 2.45) is 0 Å². The van der Waals surface area contributed by atoms with E-state index in [0.717, 1.165) is 28.2 Å². The number of hydrogen-bond acceptors (Lipinski definition) is 3. The van der Waals surface area contributed by atoms with Gasteiger partial charge in [0, 0.05) is 24.9 Å². The lowest BCUT2D eigenvalue weighted by Crippen LogP contribution is -2.30. The Labute approximate surface area is 180 Å². The van der Waals surface area contributed by atoms with Crippen LogP contribution in [0, 0.1) is 13.8 Å². The molecule has 0 spiro atoms. The van der Waals surface area contributed by atoms with E-state index < -0.39 is 0 Å². The monoisotopic (exact) mass is 431 g/mol. The van der Waals surface area contributed by atoms with E-state index in [-0.39, 0.29) is 18.4 Å². The normalized spacial score (nSPS) is 12.0. The first kappa shape index (κ1) is 21.4. The number of hydrogen-bond donors (Lipinski definition) is 1. The molecule has 1 N–H and O–H groups in total. The first-order chi connectivity index (χ1) is 13.9. The highest BCUT2D eigenvalue weighted by Gasteiger charge is 2.18. The second-order valence-corrected chi connectivity index (χ2v) is 7.59. The number of halogens is 2. The zero-order valence-electron chi connectivity index (χ0n) is 16.6. The zero-order valence-corrected chi connectivity index (χ0v) is 18.1. The van der Waals surface area contributed by atoms with Crippen LogP contribution in [-0.4, -0.2) is 29.3 Å². The zero-order chi connectivity index (χ0) is 21.0. The van der Waals surface area contributed by atoms with Crippen LogP contribution in [0.2, 0.25) is 10.0 Å². The maximum absolute atomic E-state index is 12.6. The quantitative estimate of drug-likeness (QED) is 0.581. The second-order valence-electron chi connectivity index (χ2n) is 6.78. The number of nitrogens with zero attached hydrogens (tertiary/aromatic N) is 2. The molecule has 0 saturated carbocycles. The number of rotatable bonds is 7. The lowest BCUT2D eigenvalue weighted by molar-refractivity contribution is -0.121. The minimum Gasteiger partial charge on any atom is -0.375 e. The maximum atomic E-state index is 12.6. The van der Waals surface area contributed by atoms with Gasteiger partial charge in [0.25, 0.3) is 0 Å². The molecule has 5 nitrogen and oxygen atoms in total. The van der Waals surface area contributed by atoms with Gasteiger partial charge in [0.2, 0.25) is 5.91 Å². The summed E-state index contributed by atoms with van der Waals surface area (Å²) in [6.45, 7) is 4.23. The third-order valence-electron chi connectivity index (χ3n) is 4.87. The fourth-order valence-electron chi connectivity index (χ4n) is 3.23. The molecule has 1 heterocycles. The third-order valence-corrected chi connectivity index (χ3v) is 5.61. The van der Waals surface area contributed by atoms with E-state index in [4.69, 9.17) is 27.9 Å². The summed E-state index contributed by atoms with van der Waals surface area (Å²) < 4.78 is 7.29. The number of ether oxygens (including phenoxy) is 1. The molecular formula is C22H23Cl2N3O2. The number of benzene rings is 2. The van der Waals surface area contributed by atoms with Crippen molar-refractivity contribution in [3.8, 4) is 5.69 Å². The largest absolute Gasteiger partial charge is 0.375 e. The summed E-state index contributed by atoms with van der Waals surface area (Å²) in [5, 5.41) is 8.48. The highest BCUT2D eigenvalue weighted by molar-refractivity contribution is 6.42. The van der Waals surface area contributed by atoms with Crippen LogP contribution >= 0.6 is 23.2 Å². The molecular weight excluding hydrogens is 409 g/mol. The number of carbonyl (C=O) groups excluding carboxylic acids is 1. The minimum absolute atomic E-state index is 0.0807. The molecule has 0 aliphatic carbocycles. The van der Waals surface area contributed by atoms with Gasteiger partial charge in [-0.15, -0.1) is 0 Å². The van der Waals surface area contributed by atoms with Crippen LogP contribution in [0.3, 0.4) is 0 Å². The second kappa shape index (κ2) is 9.44. The van der Waals surface area contributed by atoms with Crippen LogP contribution in [-0.2, 0) is 16.0 Å². The van der Waals surface area contributed by atoms with Gasteiger partial charge in [-0.25, -0.2) is 4.68 Å². The molecule has 2 aromatic carbocycles. The van der Waals surface area contributed by atoms with E-state index in [2.05, 4.69) is 10.4 Å². The van der Waals surface area contributed by atoms with Crippen LogP contribution in [0.4, 0.5) is 0 Å². The molecule has 0 aliphatic rings. The van der Waals surface area contributed by atoms with Crippen molar-refractivity contribution < 1.29 is 9.53 Å². The van der Waals surface area contributed by atoms with Gasteiger partial charge in [-0.3, -0.25) is 4.79 Å². The molecule has 1 amide bonds. The lowest BCUT2D eigenvalue weighted by Gasteiger charge is -2.16. The molecule has 7 heteroatoms. The predicted octanol–water partition coefficient (Wildman–Crippen LogP) is 4.84. The van der Waals surface area contributed by atoms with E-state index in [9.17, 15) is 4.79 Å². The lowest BCUT2D eigenvalue weighted by atomic mass is 10.1. The van der Waals surface area contributed by atoms with Gasteiger partial charge in [-0.2, -0.15) is 5.10 Å². The van der Waals surface area contributed by atoms with E-state index in [1.165, 1.54) is 0 Å². The van der Waals surface area contributed by atoms with E-state index in [1.54, 1.807) is 23.9 Å². The van der Waals surface area contributed by atoms with Gasteiger partial charge in [-0.05, 0) is 37.6 Å². The average molecular weight is 432 g/mol. The number of nitrogens with one attached hydrogen (secondary N) is 1. The van der Waals surface area contributed by atoms with Gasteiger partial charge in [0.15, 0.2) is 0 Å². The molecule has 3 rings (SSSR count). The van der Waals surface area contributed by atoms with Crippen LogP contribution < -0.4 is 5.32 Å². The summed E-state index contributed by atoms with van der Waals surface area (Å²) in [6.07, 6.45) is 0.0470. The first-order valence-corrected chi connectivity index (χ1v) is 10.0. The van der Waals surface area contributed by atoms with Gasteiger partial charge < -0.3 is 10.1 Å². The fourth-order valence-corrected chi connectivity index (χ4v) is 3.53. The van der Waals surface area contributed by atoms with E-state index in [0.29, 0.717) is 16.6 Å². The molecule has 0 bridgehead atoms. The maximum Gasteiger partial charge on any atom is 0.224 e. The number of aromatic nitrogens is 2. The smallest absolute Gasteiger partial charge is 0.224 e. The minimum atomic E-state index is -0.193. The Bertz CT molecular complexity index is 1000. The van der Waals surface area contributed by atoms with E-state index in [1.807, 2.05) is 50.2 Å². The number of amides is 1. The molecule has 1 unspecified atom stereocenters. The van der Waals surface area contributed by atoms with Crippen LogP contribution in [0.5, 0.6) is 0 Å². The van der Waals surface area contributed by atoms with Crippen molar-refractivity contribution in [1.82, 2.24) is 15.1 Å². The van der Waals surface area contributed by atoms with Gasteiger partial charge >= 0.3 is 0 Å². The van der Waals surface area contributed by atoms with Crippen molar-refractivity contribution in [3.63, 3.8) is 0 Å². The Morgan fingerprint density at radius 3 is 2.52 bits per heavy atom. The van der Waals surface area contributed by atoms with Gasteiger partial charge in [0.05, 0.1) is 34.0 Å². The summed E-state index contributed by atoms with van der Waals surface area (Å²) in [5.74, 6) is -0.0807. The van der Waals surface area contributed by atoms with Crippen molar-refractivity contribution in [2.45, 2.75) is 26.4 Å². The Morgan fingerprint density at radius 1 is 1.14 bits per heavy atom. The Balaban J connectivity index is 1.70. The highest BCUT2D eigenvalue weighted by atomic mass is 35.5. The third kappa shape index (κ3) is 4.99. The molecule has 0 saturated heterocycles. The van der Waals surface area contributed by atoms with Crippen LogP contribution in [0.1, 0.15) is 28.6 Å². The SMILES string of the molecule is COC(CNC(=O)Cc1c(C)nn(-c2ccc(Cl)c(Cl)c2)c1C)c1ccccc1. The van der Waals surface area contributed by atoms with Crippen molar-refractivity contribution in [2.75, 3.05) is 13.7 Å². The van der Waals surface area contributed by atoms with Crippen LogP contribution in [0.15, 0.2) is 48.5 Å². The molecule has 0 radical (unpaired) electrons. The summed E-state index contributed by atoms with van der Waals surface area (Å²) in [4.78, 5) is 12.6. The molecule has 29 heavy (non-hydrogen) atoms. The molecule has 1 atom stereocenters. The van der Waals surface area contributed by atoms with Crippen molar-refractivity contribution in [1.29, 1.82) is 0 Å². The topological polar surface area (TPSA) is 56.1 Å². The predicted molar refractivity (Wildman–Crippen MR) is 116 cm³/mol.